The Hall–Kier alpha value is -3.47. The van der Waals surface area contributed by atoms with Gasteiger partial charge in [0.15, 0.2) is 22.1 Å². The van der Waals surface area contributed by atoms with Gasteiger partial charge in [0.25, 0.3) is 12.7 Å². The topological polar surface area (TPSA) is 30.5 Å². The normalized spacial score (nSPS) is 12.7. The standard InChI is InChI=1S/C27H31N5/c1-26(2,3)31-18-29(20-12-7-9-14-22(20)31)24-16-11-17-25(28-24)30-19-32(27(4,5)6)23-15-10-8-13-21(23)30/h7-19H,1-6H3/q+2. The van der Waals surface area contributed by atoms with Gasteiger partial charge in [0.1, 0.15) is 11.1 Å². The summed E-state index contributed by atoms with van der Waals surface area (Å²) in [6.45, 7) is 13.4. The molecule has 0 atom stereocenters. The number of aromatic nitrogens is 5. The lowest BCUT2D eigenvalue weighted by molar-refractivity contribution is -0.731. The van der Waals surface area contributed by atoms with Crippen molar-refractivity contribution in [3.8, 4) is 11.6 Å². The number of benzene rings is 2. The van der Waals surface area contributed by atoms with E-state index in [0.29, 0.717) is 0 Å². The third-order valence-electron chi connectivity index (χ3n) is 5.92. The predicted molar refractivity (Wildman–Crippen MR) is 128 cm³/mol. The molecule has 0 radical (unpaired) electrons. The van der Waals surface area contributed by atoms with E-state index in [1.165, 1.54) is 11.0 Å². The van der Waals surface area contributed by atoms with Crippen molar-refractivity contribution in [3.05, 3.63) is 79.4 Å². The number of rotatable bonds is 2. The highest BCUT2D eigenvalue weighted by atomic mass is 15.2. The molecule has 0 fully saturated rings. The maximum absolute atomic E-state index is 5.10. The van der Waals surface area contributed by atoms with E-state index < -0.39 is 0 Å². The van der Waals surface area contributed by atoms with Crippen LogP contribution in [0.25, 0.3) is 33.7 Å². The molecule has 5 nitrogen and oxygen atoms in total. The van der Waals surface area contributed by atoms with Crippen molar-refractivity contribution in [2.24, 2.45) is 0 Å². The summed E-state index contributed by atoms with van der Waals surface area (Å²) in [4.78, 5) is 5.10. The fraction of sp³-hybridized carbons (Fsp3) is 0.296. The van der Waals surface area contributed by atoms with Crippen LogP contribution < -0.4 is 9.13 Å². The van der Waals surface area contributed by atoms with E-state index in [1.54, 1.807) is 0 Å². The zero-order valence-corrected chi connectivity index (χ0v) is 19.7. The van der Waals surface area contributed by atoms with Crippen molar-refractivity contribution >= 4 is 22.1 Å². The molecule has 2 aromatic carbocycles. The molecule has 0 aliphatic heterocycles. The predicted octanol–water partition coefficient (Wildman–Crippen LogP) is 5.05. The van der Waals surface area contributed by atoms with Crippen molar-refractivity contribution in [3.63, 3.8) is 0 Å². The van der Waals surface area contributed by atoms with Crippen molar-refractivity contribution in [1.82, 2.24) is 14.1 Å². The number of pyridine rings is 1. The Morgan fingerprint density at radius 1 is 0.562 bits per heavy atom. The molecule has 0 saturated heterocycles. The first-order valence-electron chi connectivity index (χ1n) is 11.2. The molecule has 5 aromatic rings. The van der Waals surface area contributed by atoms with Crippen LogP contribution in [0.2, 0.25) is 0 Å². The first-order valence-corrected chi connectivity index (χ1v) is 11.2. The molecule has 3 aromatic heterocycles. The van der Waals surface area contributed by atoms with Gasteiger partial charge in [0.2, 0.25) is 11.6 Å². The van der Waals surface area contributed by atoms with Crippen LogP contribution in [-0.4, -0.2) is 14.1 Å². The van der Waals surface area contributed by atoms with Gasteiger partial charge in [-0.1, -0.05) is 30.3 Å². The highest BCUT2D eigenvalue weighted by Crippen LogP contribution is 2.22. The molecule has 32 heavy (non-hydrogen) atoms. The zero-order valence-electron chi connectivity index (χ0n) is 19.7. The molecule has 0 aliphatic rings. The minimum Gasteiger partial charge on any atom is -0.225 e. The molecule has 3 heterocycles. The zero-order chi connectivity index (χ0) is 22.7. The van der Waals surface area contributed by atoms with Gasteiger partial charge in [-0.3, -0.25) is 0 Å². The SMILES string of the molecule is CC(C)(C)[n+]1cn(-c2cccc(-n3c[n+](C(C)(C)C)c4ccccc43)n2)c2ccccc21. The van der Waals surface area contributed by atoms with Crippen LogP contribution in [0.4, 0.5) is 0 Å². The summed E-state index contributed by atoms with van der Waals surface area (Å²) in [5.74, 6) is 1.81. The van der Waals surface area contributed by atoms with Crippen molar-refractivity contribution in [2.45, 2.75) is 52.6 Å². The summed E-state index contributed by atoms with van der Waals surface area (Å²) in [6, 6.07) is 23.3. The van der Waals surface area contributed by atoms with Gasteiger partial charge in [-0.2, -0.15) is 14.1 Å². The number of para-hydroxylation sites is 4. The number of hydrogen-bond acceptors (Lipinski definition) is 1. The number of nitrogens with zero attached hydrogens (tertiary/aromatic N) is 5. The van der Waals surface area contributed by atoms with Gasteiger partial charge in [-0.15, -0.1) is 0 Å². The van der Waals surface area contributed by atoms with Gasteiger partial charge in [0, 0.05) is 12.1 Å². The Balaban J connectivity index is 1.72. The molecule has 0 N–H and O–H groups in total. The van der Waals surface area contributed by atoms with E-state index in [2.05, 4.69) is 139 Å². The largest absolute Gasteiger partial charge is 0.251 e. The fourth-order valence-electron chi connectivity index (χ4n) is 4.34. The summed E-state index contributed by atoms with van der Waals surface area (Å²) in [5.41, 5.74) is 4.63. The van der Waals surface area contributed by atoms with Crippen LogP contribution in [0.5, 0.6) is 0 Å². The smallest absolute Gasteiger partial charge is 0.225 e. The maximum Gasteiger partial charge on any atom is 0.251 e. The van der Waals surface area contributed by atoms with Gasteiger partial charge in [-0.25, -0.2) is 9.13 Å². The van der Waals surface area contributed by atoms with Crippen molar-refractivity contribution in [1.29, 1.82) is 0 Å². The summed E-state index contributed by atoms with van der Waals surface area (Å²) in [7, 11) is 0. The van der Waals surface area contributed by atoms with Gasteiger partial charge < -0.3 is 0 Å². The number of imidazole rings is 2. The van der Waals surface area contributed by atoms with Crippen LogP contribution in [0.1, 0.15) is 41.5 Å². The molecule has 0 amide bonds. The summed E-state index contributed by atoms with van der Waals surface area (Å²) in [5, 5.41) is 0. The number of hydrogen-bond donors (Lipinski definition) is 0. The van der Waals surface area contributed by atoms with E-state index >= 15 is 0 Å². The lowest BCUT2D eigenvalue weighted by Crippen LogP contribution is -2.49. The van der Waals surface area contributed by atoms with Crippen LogP contribution in [0.3, 0.4) is 0 Å². The van der Waals surface area contributed by atoms with E-state index in [-0.39, 0.29) is 11.1 Å². The molecule has 0 saturated carbocycles. The van der Waals surface area contributed by atoms with E-state index in [9.17, 15) is 0 Å². The number of fused-ring (bicyclic) bond motifs is 2. The summed E-state index contributed by atoms with van der Waals surface area (Å²) in [6.07, 6.45) is 4.33. The Bertz CT molecular complexity index is 1330. The van der Waals surface area contributed by atoms with Gasteiger partial charge in [-0.05, 0) is 65.8 Å². The highest BCUT2D eigenvalue weighted by molar-refractivity contribution is 5.75. The Labute approximate surface area is 189 Å². The Kier molecular flexibility index (Phi) is 4.48. The molecular formula is C27H31N5+2. The van der Waals surface area contributed by atoms with Crippen LogP contribution in [0, 0.1) is 0 Å². The first-order chi connectivity index (χ1) is 15.1. The third kappa shape index (κ3) is 3.29. The van der Waals surface area contributed by atoms with Crippen molar-refractivity contribution < 1.29 is 9.13 Å². The minimum absolute atomic E-state index is 0.0304. The maximum atomic E-state index is 5.10. The second-order valence-corrected chi connectivity index (χ2v) is 10.4. The molecule has 0 spiro atoms. The van der Waals surface area contributed by atoms with Gasteiger partial charge >= 0.3 is 0 Å². The Morgan fingerprint density at radius 3 is 1.38 bits per heavy atom. The molecular weight excluding hydrogens is 394 g/mol. The lowest BCUT2D eigenvalue weighted by Gasteiger charge is -2.14. The lowest BCUT2D eigenvalue weighted by atomic mass is 10.1. The monoisotopic (exact) mass is 425 g/mol. The minimum atomic E-state index is -0.0304. The molecule has 5 rings (SSSR count). The first kappa shape index (κ1) is 20.4. The molecule has 5 heteroatoms. The average Bonchev–Trinajstić information content (AvgIpc) is 3.33. The van der Waals surface area contributed by atoms with E-state index in [4.69, 9.17) is 4.98 Å². The summed E-state index contributed by atoms with van der Waals surface area (Å²) >= 11 is 0. The second kappa shape index (κ2) is 7.02. The van der Waals surface area contributed by atoms with Crippen molar-refractivity contribution in [2.75, 3.05) is 0 Å². The van der Waals surface area contributed by atoms with Crippen LogP contribution in [-0.2, 0) is 11.1 Å². The fourth-order valence-corrected chi connectivity index (χ4v) is 4.34. The van der Waals surface area contributed by atoms with Gasteiger partial charge in [0.05, 0.1) is 0 Å². The van der Waals surface area contributed by atoms with E-state index in [1.807, 2.05) is 0 Å². The molecule has 0 unspecified atom stereocenters. The Morgan fingerprint density at radius 2 is 0.969 bits per heavy atom. The quantitative estimate of drug-likeness (QED) is 0.364. The van der Waals surface area contributed by atoms with E-state index in [0.717, 1.165) is 22.7 Å². The summed E-state index contributed by atoms with van der Waals surface area (Å²) < 4.78 is 9.01. The van der Waals surface area contributed by atoms with Crippen LogP contribution >= 0.6 is 0 Å². The highest BCUT2D eigenvalue weighted by Gasteiger charge is 2.28. The molecule has 162 valence electrons. The third-order valence-corrected chi connectivity index (χ3v) is 5.92. The average molecular weight is 426 g/mol. The van der Waals surface area contributed by atoms with Crippen LogP contribution in [0.15, 0.2) is 79.4 Å². The molecule has 0 bridgehead atoms. The second-order valence-electron chi connectivity index (χ2n) is 10.4. The molecule has 0 aliphatic carbocycles.